The molecule has 0 aliphatic rings. The fourth-order valence-electron chi connectivity index (χ4n) is 1.27. The molecule has 0 aliphatic carbocycles. The zero-order valence-electron chi connectivity index (χ0n) is 9.23. The smallest absolute Gasteiger partial charge is 0.220 e. The topological polar surface area (TPSA) is 69.4 Å². The van der Waals surface area contributed by atoms with E-state index in [-0.39, 0.29) is 18.8 Å². The number of benzene rings is 1. The number of ether oxygens (including phenoxy) is 1. The average Bonchev–Trinajstić information content (AvgIpc) is 2.28. The van der Waals surface area contributed by atoms with Crippen molar-refractivity contribution in [1.82, 2.24) is 0 Å². The van der Waals surface area contributed by atoms with Crippen molar-refractivity contribution in [3.05, 3.63) is 29.8 Å². The van der Waals surface area contributed by atoms with Gasteiger partial charge >= 0.3 is 0 Å². The van der Waals surface area contributed by atoms with E-state index in [1.807, 2.05) is 0 Å². The molecule has 0 fully saturated rings. The van der Waals surface area contributed by atoms with E-state index in [0.717, 1.165) is 0 Å². The van der Waals surface area contributed by atoms with E-state index in [2.05, 4.69) is 0 Å². The van der Waals surface area contributed by atoms with Gasteiger partial charge < -0.3 is 10.5 Å². The van der Waals surface area contributed by atoms with Gasteiger partial charge in [-0.3, -0.25) is 9.59 Å². The molecule has 86 valence electrons. The summed E-state index contributed by atoms with van der Waals surface area (Å²) in [5, 5.41) is 0. The van der Waals surface area contributed by atoms with E-state index in [1.54, 1.807) is 31.2 Å². The van der Waals surface area contributed by atoms with Gasteiger partial charge in [-0.2, -0.15) is 0 Å². The molecular weight excluding hydrogens is 206 g/mol. The molecular formula is C12H15NO3. The monoisotopic (exact) mass is 221 g/mol. The third kappa shape index (κ3) is 3.38. The van der Waals surface area contributed by atoms with Crippen LogP contribution in [0.15, 0.2) is 24.3 Å². The Labute approximate surface area is 94.4 Å². The van der Waals surface area contributed by atoms with Gasteiger partial charge in [0.1, 0.15) is 5.75 Å². The van der Waals surface area contributed by atoms with Crippen LogP contribution in [-0.4, -0.2) is 18.3 Å². The maximum atomic E-state index is 11.6. The average molecular weight is 221 g/mol. The van der Waals surface area contributed by atoms with Crippen LogP contribution in [0.3, 0.4) is 0 Å². The van der Waals surface area contributed by atoms with Crippen LogP contribution in [0.1, 0.15) is 30.1 Å². The summed E-state index contributed by atoms with van der Waals surface area (Å²) >= 11 is 0. The second kappa shape index (κ2) is 5.90. The highest BCUT2D eigenvalue weighted by atomic mass is 16.5. The summed E-state index contributed by atoms with van der Waals surface area (Å²) in [6.07, 6.45) is 0.574. The standard InChI is InChI=1S/C12H15NO3/c1-2-10(14)9-5-3-4-6-11(9)16-8-7-12(13)15/h3-6H,2,7-8H2,1H3,(H2,13,15). The predicted octanol–water partition coefficient (Wildman–Crippen LogP) is 1.53. The fraction of sp³-hybridized carbons (Fsp3) is 0.333. The molecule has 1 aromatic carbocycles. The van der Waals surface area contributed by atoms with Crippen molar-refractivity contribution in [1.29, 1.82) is 0 Å². The number of ketones is 1. The highest BCUT2D eigenvalue weighted by molar-refractivity contribution is 5.98. The largest absolute Gasteiger partial charge is 0.492 e. The number of amides is 1. The highest BCUT2D eigenvalue weighted by Gasteiger charge is 2.09. The van der Waals surface area contributed by atoms with Gasteiger partial charge in [-0.1, -0.05) is 19.1 Å². The number of para-hydroxylation sites is 1. The Kier molecular flexibility index (Phi) is 4.51. The predicted molar refractivity (Wildman–Crippen MR) is 60.4 cm³/mol. The van der Waals surface area contributed by atoms with Crippen LogP contribution in [0.5, 0.6) is 5.75 Å². The summed E-state index contributed by atoms with van der Waals surface area (Å²) in [5.41, 5.74) is 5.55. The first kappa shape index (κ1) is 12.2. The molecule has 2 N–H and O–H groups in total. The second-order valence-corrected chi connectivity index (χ2v) is 3.34. The molecule has 16 heavy (non-hydrogen) atoms. The SMILES string of the molecule is CCC(=O)c1ccccc1OCCC(N)=O. The third-order valence-electron chi connectivity index (χ3n) is 2.11. The quantitative estimate of drug-likeness (QED) is 0.740. The minimum Gasteiger partial charge on any atom is -0.492 e. The summed E-state index contributed by atoms with van der Waals surface area (Å²) in [6, 6.07) is 6.99. The highest BCUT2D eigenvalue weighted by Crippen LogP contribution is 2.19. The lowest BCUT2D eigenvalue weighted by molar-refractivity contribution is -0.118. The van der Waals surface area contributed by atoms with Gasteiger partial charge in [0.2, 0.25) is 5.91 Å². The number of nitrogens with two attached hydrogens (primary N) is 1. The Morgan fingerprint density at radius 2 is 2.00 bits per heavy atom. The van der Waals surface area contributed by atoms with E-state index >= 15 is 0 Å². The second-order valence-electron chi connectivity index (χ2n) is 3.34. The zero-order chi connectivity index (χ0) is 12.0. The molecule has 0 spiro atoms. The number of hydrogen-bond acceptors (Lipinski definition) is 3. The third-order valence-corrected chi connectivity index (χ3v) is 2.11. The fourth-order valence-corrected chi connectivity index (χ4v) is 1.27. The van der Waals surface area contributed by atoms with Crippen LogP contribution in [0.2, 0.25) is 0 Å². The summed E-state index contributed by atoms with van der Waals surface area (Å²) in [7, 11) is 0. The first-order chi connectivity index (χ1) is 7.65. The Balaban J connectivity index is 2.71. The molecule has 1 amide bonds. The molecule has 0 aromatic heterocycles. The molecule has 0 heterocycles. The minimum absolute atomic E-state index is 0.0228. The van der Waals surface area contributed by atoms with Gasteiger partial charge in [-0.15, -0.1) is 0 Å². The van der Waals surface area contributed by atoms with E-state index < -0.39 is 5.91 Å². The molecule has 0 saturated carbocycles. The van der Waals surface area contributed by atoms with Gasteiger partial charge in [0.25, 0.3) is 0 Å². The molecule has 4 nitrogen and oxygen atoms in total. The van der Waals surface area contributed by atoms with Gasteiger partial charge in [0, 0.05) is 6.42 Å². The first-order valence-corrected chi connectivity index (χ1v) is 5.18. The van der Waals surface area contributed by atoms with Crippen molar-refractivity contribution in [2.24, 2.45) is 5.73 Å². The maximum absolute atomic E-state index is 11.6. The minimum atomic E-state index is -0.417. The van der Waals surface area contributed by atoms with Crippen molar-refractivity contribution in [3.8, 4) is 5.75 Å². The van der Waals surface area contributed by atoms with Crippen LogP contribution >= 0.6 is 0 Å². The molecule has 0 atom stereocenters. The van der Waals surface area contributed by atoms with Crippen molar-refractivity contribution < 1.29 is 14.3 Å². The molecule has 1 aromatic rings. The van der Waals surface area contributed by atoms with Gasteiger partial charge in [0.15, 0.2) is 5.78 Å². The maximum Gasteiger partial charge on any atom is 0.220 e. The Bertz CT molecular complexity index is 388. The molecule has 0 aliphatic heterocycles. The van der Waals surface area contributed by atoms with Crippen LogP contribution in [0.25, 0.3) is 0 Å². The summed E-state index contributed by atoms with van der Waals surface area (Å²) < 4.78 is 5.35. The molecule has 1 rings (SSSR count). The van der Waals surface area contributed by atoms with E-state index in [4.69, 9.17) is 10.5 Å². The summed E-state index contributed by atoms with van der Waals surface area (Å²) in [5.74, 6) is 0.115. The Morgan fingerprint density at radius 3 is 2.62 bits per heavy atom. The lowest BCUT2D eigenvalue weighted by Gasteiger charge is -2.09. The molecule has 4 heteroatoms. The Morgan fingerprint density at radius 1 is 1.31 bits per heavy atom. The molecule has 0 bridgehead atoms. The first-order valence-electron chi connectivity index (χ1n) is 5.18. The van der Waals surface area contributed by atoms with Crippen LogP contribution in [0.4, 0.5) is 0 Å². The van der Waals surface area contributed by atoms with Crippen LogP contribution < -0.4 is 10.5 Å². The number of carbonyl (C=O) groups excluding carboxylic acids is 2. The van der Waals surface area contributed by atoms with Crippen molar-refractivity contribution >= 4 is 11.7 Å². The van der Waals surface area contributed by atoms with E-state index in [9.17, 15) is 9.59 Å². The number of Topliss-reactive ketones (excluding diaryl/α,β-unsaturated/α-hetero) is 1. The van der Waals surface area contributed by atoms with Gasteiger partial charge in [-0.05, 0) is 12.1 Å². The number of primary amides is 1. The van der Waals surface area contributed by atoms with Gasteiger partial charge in [-0.25, -0.2) is 0 Å². The number of hydrogen-bond donors (Lipinski definition) is 1. The van der Waals surface area contributed by atoms with Crippen molar-refractivity contribution in [2.75, 3.05) is 6.61 Å². The number of carbonyl (C=O) groups is 2. The van der Waals surface area contributed by atoms with Crippen LogP contribution in [-0.2, 0) is 4.79 Å². The normalized spacial score (nSPS) is 9.81. The van der Waals surface area contributed by atoms with E-state index in [0.29, 0.717) is 17.7 Å². The van der Waals surface area contributed by atoms with Crippen molar-refractivity contribution in [2.45, 2.75) is 19.8 Å². The lowest BCUT2D eigenvalue weighted by Crippen LogP contribution is -2.15. The molecule has 0 radical (unpaired) electrons. The van der Waals surface area contributed by atoms with Crippen LogP contribution in [0, 0.1) is 0 Å². The van der Waals surface area contributed by atoms with Crippen molar-refractivity contribution in [3.63, 3.8) is 0 Å². The number of rotatable bonds is 6. The molecule has 0 saturated heterocycles. The van der Waals surface area contributed by atoms with E-state index in [1.165, 1.54) is 0 Å². The van der Waals surface area contributed by atoms with Gasteiger partial charge in [0.05, 0.1) is 18.6 Å². The molecule has 0 unspecified atom stereocenters. The summed E-state index contributed by atoms with van der Waals surface area (Å²) in [6.45, 7) is 1.99. The summed E-state index contributed by atoms with van der Waals surface area (Å²) in [4.78, 5) is 22.1. The zero-order valence-corrected chi connectivity index (χ0v) is 9.23. The lowest BCUT2D eigenvalue weighted by atomic mass is 10.1. The Hall–Kier alpha value is -1.84.